The first-order chi connectivity index (χ1) is 6.89. The van der Waals surface area contributed by atoms with Crippen LogP contribution in [0.2, 0.25) is 0 Å². The van der Waals surface area contributed by atoms with E-state index in [1.165, 1.54) is 0 Å². The van der Waals surface area contributed by atoms with Crippen LogP contribution in [0.5, 0.6) is 0 Å². The molecule has 0 fully saturated rings. The number of hydrogen-bond acceptors (Lipinski definition) is 4. The van der Waals surface area contributed by atoms with E-state index in [2.05, 4.69) is 50.1 Å². The minimum atomic E-state index is -0.0662. The van der Waals surface area contributed by atoms with E-state index in [1.54, 1.807) is 0 Å². The monoisotopic (exact) mass is 211 g/mol. The first kappa shape index (κ1) is 12.2. The lowest BCUT2D eigenvalue weighted by Gasteiger charge is -2.10. The third-order valence-electron chi connectivity index (χ3n) is 1.95. The lowest BCUT2D eigenvalue weighted by molar-refractivity contribution is 0.317. The molecule has 0 aliphatic rings. The fourth-order valence-electron chi connectivity index (χ4n) is 1.10. The van der Waals surface area contributed by atoms with E-state index in [-0.39, 0.29) is 5.41 Å². The maximum absolute atomic E-state index is 5.19. The van der Waals surface area contributed by atoms with Crippen molar-refractivity contribution in [3.05, 3.63) is 11.7 Å². The summed E-state index contributed by atoms with van der Waals surface area (Å²) in [6.45, 7) is 12.2. The Balaban J connectivity index is 2.47. The van der Waals surface area contributed by atoms with Gasteiger partial charge in [0.25, 0.3) is 0 Å². The molecule has 4 heteroatoms. The Morgan fingerprint density at radius 3 is 2.47 bits per heavy atom. The summed E-state index contributed by atoms with van der Waals surface area (Å²) in [6, 6.07) is 0. The number of aromatic nitrogens is 2. The first-order valence-electron chi connectivity index (χ1n) is 5.43. The molecule has 0 radical (unpaired) electrons. The Hall–Kier alpha value is -0.900. The zero-order valence-electron chi connectivity index (χ0n) is 10.3. The van der Waals surface area contributed by atoms with Gasteiger partial charge < -0.3 is 9.84 Å². The van der Waals surface area contributed by atoms with Gasteiger partial charge in [0.15, 0.2) is 5.82 Å². The highest BCUT2D eigenvalue weighted by molar-refractivity contribution is 4.97. The SMILES string of the molecule is CC(C)CNCc1noc(C(C)(C)C)n1. The molecule has 1 N–H and O–H groups in total. The van der Waals surface area contributed by atoms with Gasteiger partial charge in [-0.1, -0.05) is 39.8 Å². The van der Waals surface area contributed by atoms with Gasteiger partial charge in [0, 0.05) is 5.41 Å². The van der Waals surface area contributed by atoms with Crippen molar-refractivity contribution in [3.63, 3.8) is 0 Å². The highest BCUT2D eigenvalue weighted by Gasteiger charge is 2.21. The molecule has 0 aliphatic heterocycles. The summed E-state index contributed by atoms with van der Waals surface area (Å²) in [6.07, 6.45) is 0. The van der Waals surface area contributed by atoms with Gasteiger partial charge in [-0.15, -0.1) is 0 Å². The molecular weight excluding hydrogens is 190 g/mol. The largest absolute Gasteiger partial charge is 0.339 e. The van der Waals surface area contributed by atoms with Crippen LogP contribution in [0.25, 0.3) is 0 Å². The molecule has 1 rings (SSSR count). The smallest absolute Gasteiger partial charge is 0.232 e. The van der Waals surface area contributed by atoms with Crippen molar-refractivity contribution in [2.45, 2.75) is 46.6 Å². The van der Waals surface area contributed by atoms with Gasteiger partial charge in [-0.2, -0.15) is 4.98 Å². The Labute approximate surface area is 91.5 Å². The predicted molar refractivity (Wildman–Crippen MR) is 59.5 cm³/mol. The highest BCUT2D eigenvalue weighted by Crippen LogP contribution is 2.19. The first-order valence-corrected chi connectivity index (χ1v) is 5.43. The summed E-state index contributed by atoms with van der Waals surface area (Å²) in [5.41, 5.74) is -0.0662. The quantitative estimate of drug-likeness (QED) is 0.828. The molecule has 4 nitrogen and oxygen atoms in total. The summed E-state index contributed by atoms with van der Waals surface area (Å²) in [5, 5.41) is 7.21. The second-order valence-corrected chi connectivity index (χ2v) is 5.29. The summed E-state index contributed by atoms with van der Waals surface area (Å²) in [4.78, 5) is 4.34. The zero-order valence-corrected chi connectivity index (χ0v) is 10.3. The topological polar surface area (TPSA) is 51.0 Å². The van der Waals surface area contributed by atoms with Crippen molar-refractivity contribution in [3.8, 4) is 0 Å². The molecule has 0 saturated heterocycles. The van der Waals surface area contributed by atoms with Gasteiger partial charge in [0.2, 0.25) is 5.89 Å². The van der Waals surface area contributed by atoms with E-state index in [1.807, 2.05) is 0 Å². The lowest BCUT2D eigenvalue weighted by Crippen LogP contribution is -2.20. The van der Waals surface area contributed by atoms with Gasteiger partial charge in [0.05, 0.1) is 6.54 Å². The number of hydrogen-bond donors (Lipinski definition) is 1. The standard InChI is InChI=1S/C11H21N3O/c1-8(2)6-12-7-9-13-10(15-14-9)11(3,4)5/h8,12H,6-7H2,1-5H3. The summed E-state index contributed by atoms with van der Waals surface area (Å²) in [5.74, 6) is 2.07. The van der Waals surface area contributed by atoms with Crippen LogP contribution in [-0.2, 0) is 12.0 Å². The van der Waals surface area contributed by atoms with Crippen LogP contribution in [-0.4, -0.2) is 16.7 Å². The molecule has 0 amide bonds. The maximum Gasteiger partial charge on any atom is 0.232 e. The van der Waals surface area contributed by atoms with Crippen LogP contribution < -0.4 is 5.32 Å². The van der Waals surface area contributed by atoms with Crippen molar-refractivity contribution < 1.29 is 4.52 Å². The minimum Gasteiger partial charge on any atom is -0.339 e. The van der Waals surface area contributed by atoms with E-state index < -0.39 is 0 Å². The normalized spacial score (nSPS) is 12.4. The Morgan fingerprint density at radius 2 is 2.00 bits per heavy atom. The van der Waals surface area contributed by atoms with Crippen LogP contribution in [0.3, 0.4) is 0 Å². The molecule has 0 bridgehead atoms. The van der Waals surface area contributed by atoms with Crippen molar-refractivity contribution in [1.29, 1.82) is 0 Å². The second kappa shape index (κ2) is 4.75. The van der Waals surface area contributed by atoms with E-state index in [0.29, 0.717) is 18.4 Å². The van der Waals surface area contributed by atoms with Crippen LogP contribution >= 0.6 is 0 Å². The van der Waals surface area contributed by atoms with Gasteiger partial charge in [0.1, 0.15) is 0 Å². The van der Waals surface area contributed by atoms with Crippen LogP contribution in [0, 0.1) is 5.92 Å². The predicted octanol–water partition coefficient (Wildman–Crippen LogP) is 2.11. The second-order valence-electron chi connectivity index (χ2n) is 5.29. The van der Waals surface area contributed by atoms with E-state index >= 15 is 0 Å². The van der Waals surface area contributed by atoms with Crippen LogP contribution in [0.15, 0.2) is 4.52 Å². The molecule has 1 heterocycles. The van der Waals surface area contributed by atoms with Crippen molar-refractivity contribution in [2.24, 2.45) is 5.92 Å². The van der Waals surface area contributed by atoms with Gasteiger partial charge >= 0.3 is 0 Å². The van der Waals surface area contributed by atoms with Crippen LogP contribution in [0.4, 0.5) is 0 Å². The number of nitrogens with zero attached hydrogens (tertiary/aromatic N) is 2. The fraction of sp³-hybridized carbons (Fsp3) is 0.818. The molecule has 0 aliphatic carbocycles. The fourth-order valence-corrected chi connectivity index (χ4v) is 1.10. The Bertz CT molecular complexity index is 299. The number of rotatable bonds is 4. The molecule has 0 saturated carbocycles. The summed E-state index contributed by atoms with van der Waals surface area (Å²) in [7, 11) is 0. The molecule has 15 heavy (non-hydrogen) atoms. The lowest BCUT2D eigenvalue weighted by atomic mass is 9.97. The summed E-state index contributed by atoms with van der Waals surface area (Å²) < 4.78 is 5.19. The average molecular weight is 211 g/mol. The molecule has 0 spiro atoms. The Morgan fingerprint density at radius 1 is 1.33 bits per heavy atom. The van der Waals surface area contributed by atoms with Gasteiger partial charge in [-0.25, -0.2) is 0 Å². The molecular formula is C11H21N3O. The summed E-state index contributed by atoms with van der Waals surface area (Å²) >= 11 is 0. The molecule has 0 unspecified atom stereocenters. The van der Waals surface area contributed by atoms with Gasteiger partial charge in [-0.05, 0) is 12.5 Å². The zero-order chi connectivity index (χ0) is 11.5. The maximum atomic E-state index is 5.19. The molecule has 86 valence electrons. The van der Waals surface area contributed by atoms with E-state index in [0.717, 1.165) is 12.4 Å². The molecule has 0 aromatic carbocycles. The highest BCUT2D eigenvalue weighted by atomic mass is 16.5. The van der Waals surface area contributed by atoms with Crippen LogP contribution in [0.1, 0.15) is 46.3 Å². The van der Waals surface area contributed by atoms with Gasteiger partial charge in [-0.3, -0.25) is 0 Å². The minimum absolute atomic E-state index is 0.0662. The third-order valence-corrected chi connectivity index (χ3v) is 1.95. The third kappa shape index (κ3) is 4.00. The molecule has 0 atom stereocenters. The van der Waals surface area contributed by atoms with E-state index in [4.69, 9.17) is 4.52 Å². The van der Waals surface area contributed by atoms with Crippen molar-refractivity contribution >= 4 is 0 Å². The molecule has 1 aromatic heterocycles. The van der Waals surface area contributed by atoms with E-state index in [9.17, 15) is 0 Å². The Kier molecular flexibility index (Phi) is 3.85. The average Bonchev–Trinajstić information content (AvgIpc) is 2.51. The number of nitrogens with one attached hydrogen (secondary N) is 1. The van der Waals surface area contributed by atoms with Crippen molar-refractivity contribution in [2.75, 3.05) is 6.54 Å². The molecule has 1 aromatic rings. The van der Waals surface area contributed by atoms with Crippen molar-refractivity contribution in [1.82, 2.24) is 15.5 Å².